The molecule has 0 bridgehead atoms. The highest BCUT2D eigenvalue weighted by atomic mass is 32.2. The van der Waals surface area contributed by atoms with Crippen LogP contribution in [0.1, 0.15) is 40.5 Å². The van der Waals surface area contributed by atoms with E-state index in [1.807, 2.05) is 36.4 Å². The molecule has 0 atom stereocenters. The number of nitrogens with zero attached hydrogens (tertiary/aromatic N) is 3. The Morgan fingerprint density at radius 1 is 1.11 bits per heavy atom. The molecule has 142 valence electrons. The van der Waals surface area contributed by atoms with E-state index >= 15 is 0 Å². The number of carbonyl (C=O) groups is 1. The van der Waals surface area contributed by atoms with Crippen LogP contribution < -0.4 is 0 Å². The number of sulfonamides is 1. The third kappa shape index (κ3) is 4.12. The fourth-order valence-electron chi connectivity index (χ4n) is 3.17. The van der Waals surface area contributed by atoms with Crippen LogP contribution in [-0.2, 0) is 10.0 Å². The van der Waals surface area contributed by atoms with Gasteiger partial charge in [0.1, 0.15) is 5.69 Å². The average Bonchev–Trinajstić information content (AvgIpc) is 3.44. The minimum absolute atomic E-state index is 0.143. The topological polar surface area (TPSA) is 86.4 Å². The number of rotatable bonds is 5. The van der Waals surface area contributed by atoms with E-state index in [2.05, 4.69) is 10.2 Å². The van der Waals surface area contributed by atoms with Crippen LogP contribution in [0.3, 0.4) is 0 Å². The number of H-pyrrole nitrogens is 1. The Kier molecular flexibility index (Phi) is 4.84. The molecule has 1 N–H and O–H groups in total. The Morgan fingerprint density at radius 2 is 1.81 bits per heavy atom. The molecule has 7 nitrogen and oxygen atoms in total. The first kappa shape index (κ1) is 17.9. The van der Waals surface area contributed by atoms with Gasteiger partial charge in [-0.2, -0.15) is 9.40 Å². The fourth-order valence-corrected chi connectivity index (χ4v) is 4.35. The van der Waals surface area contributed by atoms with Gasteiger partial charge < -0.3 is 4.90 Å². The number of piperazine rings is 1. The van der Waals surface area contributed by atoms with Gasteiger partial charge in [0.25, 0.3) is 5.91 Å². The molecule has 8 heteroatoms. The predicted octanol–water partition coefficient (Wildman–Crippen LogP) is 2.05. The van der Waals surface area contributed by atoms with Gasteiger partial charge >= 0.3 is 0 Å². The second kappa shape index (κ2) is 7.28. The van der Waals surface area contributed by atoms with Gasteiger partial charge in [0.2, 0.25) is 10.0 Å². The number of hydrogen-bond acceptors (Lipinski definition) is 4. The van der Waals surface area contributed by atoms with E-state index in [1.54, 1.807) is 11.0 Å². The Labute approximate surface area is 158 Å². The summed E-state index contributed by atoms with van der Waals surface area (Å²) in [5.41, 5.74) is 2.27. The summed E-state index contributed by atoms with van der Waals surface area (Å²) in [6.07, 6.45) is 3.88. The van der Waals surface area contributed by atoms with E-state index in [0.29, 0.717) is 24.7 Å². The smallest absolute Gasteiger partial charge is 0.274 e. The number of aromatic amines is 1. The lowest BCUT2D eigenvalue weighted by molar-refractivity contribution is 0.0692. The van der Waals surface area contributed by atoms with Crippen LogP contribution >= 0.6 is 0 Å². The SMILES string of the molecule is O=C(c1cc(C2CC2)[nH]n1)N1CCN(S(=O)(=O)/C=C/c2ccccc2)CC1. The fraction of sp³-hybridized carbons (Fsp3) is 0.368. The predicted molar refractivity (Wildman–Crippen MR) is 102 cm³/mol. The van der Waals surface area contributed by atoms with Gasteiger partial charge in [-0.05, 0) is 30.5 Å². The molecule has 2 aliphatic rings. The van der Waals surface area contributed by atoms with Crippen molar-refractivity contribution >= 4 is 22.0 Å². The van der Waals surface area contributed by atoms with Gasteiger partial charge in [-0.3, -0.25) is 9.89 Å². The van der Waals surface area contributed by atoms with Crippen molar-refractivity contribution in [3.63, 3.8) is 0 Å². The molecule has 2 heterocycles. The summed E-state index contributed by atoms with van der Waals surface area (Å²) >= 11 is 0. The molecule has 0 unspecified atom stereocenters. The van der Waals surface area contributed by atoms with Crippen molar-refractivity contribution in [3.05, 3.63) is 58.8 Å². The molecule has 1 aromatic heterocycles. The van der Waals surface area contributed by atoms with Crippen molar-refractivity contribution in [1.29, 1.82) is 0 Å². The zero-order chi connectivity index (χ0) is 18.9. The molecule has 2 aromatic rings. The lowest BCUT2D eigenvalue weighted by Crippen LogP contribution is -2.50. The van der Waals surface area contributed by atoms with Crippen molar-refractivity contribution < 1.29 is 13.2 Å². The second-order valence-electron chi connectivity index (χ2n) is 6.93. The van der Waals surface area contributed by atoms with Crippen molar-refractivity contribution in [2.24, 2.45) is 0 Å². The van der Waals surface area contributed by atoms with Crippen molar-refractivity contribution in [2.75, 3.05) is 26.2 Å². The molecule has 1 saturated carbocycles. The normalized spacial score (nSPS) is 18.9. The monoisotopic (exact) mass is 386 g/mol. The largest absolute Gasteiger partial charge is 0.335 e. The summed E-state index contributed by atoms with van der Waals surface area (Å²) < 4.78 is 26.4. The standard InChI is InChI=1S/C19H22N4O3S/c24-19(18-14-17(20-21-18)16-6-7-16)22-9-11-23(12-10-22)27(25,26)13-8-15-4-2-1-3-5-15/h1-5,8,13-14,16H,6-7,9-12H2,(H,20,21)/b13-8+. The minimum Gasteiger partial charge on any atom is -0.335 e. The highest BCUT2D eigenvalue weighted by Gasteiger charge is 2.30. The van der Waals surface area contributed by atoms with Gasteiger partial charge in [0.05, 0.1) is 0 Å². The maximum atomic E-state index is 12.6. The number of amides is 1. The molecule has 0 radical (unpaired) electrons. The van der Waals surface area contributed by atoms with Crippen LogP contribution in [0.4, 0.5) is 0 Å². The summed E-state index contributed by atoms with van der Waals surface area (Å²) in [7, 11) is -3.50. The molecule has 1 aliphatic carbocycles. The quantitative estimate of drug-likeness (QED) is 0.852. The molecule has 4 rings (SSSR count). The Hall–Kier alpha value is -2.45. The summed E-state index contributed by atoms with van der Waals surface area (Å²) in [5, 5.41) is 8.30. The molecule has 1 saturated heterocycles. The van der Waals surface area contributed by atoms with E-state index in [-0.39, 0.29) is 19.0 Å². The zero-order valence-corrected chi connectivity index (χ0v) is 15.7. The maximum absolute atomic E-state index is 12.6. The second-order valence-corrected chi connectivity index (χ2v) is 8.75. The third-order valence-corrected chi connectivity index (χ3v) is 6.52. The van der Waals surface area contributed by atoms with Crippen LogP contribution in [0.15, 0.2) is 41.8 Å². The first-order valence-corrected chi connectivity index (χ1v) is 10.6. The van der Waals surface area contributed by atoms with E-state index < -0.39 is 10.0 Å². The summed E-state index contributed by atoms with van der Waals surface area (Å²) in [4.78, 5) is 14.3. The summed E-state index contributed by atoms with van der Waals surface area (Å²) in [5.74, 6) is 0.368. The summed E-state index contributed by atoms with van der Waals surface area (Å²) in [6.45, 7) is 1.30. The van der Waals surface area contributed by atoms with Gasteiger partial charge in [-0.25, -0.2) is 8.42 Å². The highest BCUT2D eigenvalue weighted by molar-refractivity contribution is 7.92. The number of carbonyl (C=O) groups excluding carboxylic acids is 1. The lowest BCUT2D eigenvalue weighted by atomic mass is 10.2. The highest BCUT2D eigenvalue weighted by Crippen LogP contribution is 2.39. The molecule has 27 heavy (non-hydrogen) atoms. The Morgan fingerprint density at radius 3 is 2.48 bits per heavy atom. The number of hydrogen-bond donors (Lipinski definition) is 1. The van der Waals surface area contributed by atoms with Crippen LogP contribution in [0.25, 0.3) is 6.08 Å². The number of benzene rings is 1. The van der Waals surface area contributed by atoms with Gasteiger partial charge in [-0.15, -0.1) is 0 Å². The first-order chi connectivity index (χ1) is 13.0. The minimum atomic E-state index is -3.50. The van der Waals surface area contributed by atoms with E-state index in [4.69, 9.17) is 0 Å². The summed E-state index contributed by atoms with van der Waals surface area (Å²) in [6, 6.07) is 11.1. The molecule has 1 amide bonds. The van der Waals surface area contributed by atoms with Crippen molar-refractivity contribution in [1.82, 2.24) is 19.4 Å². The molecule has 2 fully saturated rings. The molecular weight excluding hydrogens is 364 g/mol. The molecule has 0 spiro atoms. The number of aromatic nitrogens is 2. The van der Waals surface area contributed by atoms with Crippen LogP contribution in [0.5, 0.6) is 0 Å². The molecule has 1 aliphatic heterocycles. The van der Waals surface area contributed by atoms with Crippen LogP contribution in [-0.4, -0.2) is 59.9 Å². The zero-order valence-electron chi connectivity index (χ0n) is 14.9. The van der Waals surface area contributed by atoms with Crippen LogP contribution in [0, 0.1) is 0 Å². The average molecular weight is 386 g/mol. The van der Waals surface area contributed by atoms with Crippen molar-refractivity contribution in [3.8, 4) is 0 Å². The van der Waals surface area contributed by atoms with Gasteiger partial charge in [0.15, 0.2) is 0 Å². The number of nitrogens with one attached hydrogen (secondary N) is 1. The first-order valence-electron chi connectivity index (χ1n) is 9.11. The molecule has 1 aromatic carbocycles. The van der Waals surface area contributed by atoms with Gasteiger partial charge in [-0.1, -0.05) is 30.3 Å². The lowest BCUT2D eigenvalue weighted by Gasteiger charge is -2.32. The third-order valence-electron chi connectivity index (χ3n) is 4.95. The van der Waals surface area contributed by atoms with E-state index in [1.165, 1.54) is 9.71 Å². The van der Waals surface area contributed by atoms with Gasteiger partial charge in [0, 0.05) is 43.2 Å². The Balaban J connectivity index is 1.36. The van der Waals surface area contributed by atoms with E-state index in [0.717, 1.165) is 24.1 Å². The van der Waals surface area contributed by atoms with E-state index in [9.17, 15) is 13.2 Å². The maximum Gasteiger partial charge on any atom is 0.274 e. The van der Waals surface area contributed by atoms with Crippen LogP contribution in [0.2, 0.25) is 0 Å². The van der Waals surface area contributed by atoms with Crippen molar-refractivity contribution in [2.45, 2.75) is 18.8 Å². The Bertz CT molecular complexity index is 940. The molecular formula is C19H22N4O3S.